The fraction of sp³-hybridized carbons (Fsp3) is 0.444. The molecule has 1 aromatic carbocycles. The van der Waals surface area contributed by atoms with Gasteiger partial charge in [0.15, 0.2) is 5.96 Å². The normalized spacial score (nSPS) is 11.4. The van der Waals surface area contributed by atoms with Crippen LogP contribution in [0.2, 0.25) is 0 Å². The lowest BCUT2D eigenvalue weighted by Crippen LogP contribution is -2.41. The molecule has 0 aliphatic carbocycles. The molecule has 0 spiro atoms. The van der Waals surface area contributed by atoms with Crippen molar-refractivity contribution in [3.63, 3.8) is 0 Å². The SMILES string of the molecule is CN=C(NCCc1ncc(C)s1)N(C)CCOc1ccccc1C. The van der Waals surface area contributed by atoms with Crippen molar-refractivity contribution in [3.05, 3.63) is 45.9 Å². The van der Waals surface area contributed by atoms with Crippen LogP contribution in [0.4, 0.5) is 0 Å². The maximum Gasteiger partial charge on any atom is 0.193 e. The largest absolute Gasteiger partial charge is 0.491 e. The molecule has 2 rings (SSSR count). The zero-order chi connectivity index (χ0) is 17.4. The molecular formula is C18H26N4OS. The second kappa shape index (κ2) is 9.27. The number of guanidine groups is 1. The number of nitrogens with one attached hydrogen (secondary N) is 1. The molecular weight excluding hydrogens is 320 g/mol. The summed E-state index contributed by atoms with van der Waals surface area (Å²) in [6.07, 6.45) is 2.83. The minimum atomic E-state index is 0.619. The molecule has 1 N–H and O–H groups in total. The van der Waals surface area contributed by atoms with Crippen LogP contribution < -0.4 is 10.1 Å². The number of benzene rings is 1. The highest BCUT2D eigenvalue weighted by Gasteiger charge is 2.07. The fourth-order valence-electron chi connectivity index (χ4n) is 2.30. The second-order valence-corrected chi connectivity index (χ2v) is 6.94. The maximum atomic E-state index is 5.85. The van der Waals surface area contributed by atoms with E-state index < -0.39 is 0 Å². The van der Waals surface area contributed by atoms with Gasteiger partial charge in [0.25, 0.3) is 0 Å². The minimum absolute atomic E-state index is 0.619. The highest BCUT2D eigenvalue weighted by atomic mass is 32.1. The van der Waals surface area contributed by atoms with Crippen molar-refractivity contribution in [2.45, 2.75) is 20.3 Å². The van der Waals surface area contributed by atoms with Gasteiger partial charge in [0.2, 0.25) is 0 Å². The van der Waals surface area contributed by atoms with Crippen LogP contribution in [0, 0.1) is 13.8 Å². The van der Waals surface area contributed by atoms with Crippen LogP contribution in [0.5, 0.6) is 5.75 Å². The van der Waals surface area contributed by atoms with Crippen molar-refractivity contribution < 1.29 is 4.74 Å². The van der Waals surface area contributed by atoms with Crippen LogP contribution in [0.3, 0.4) is 0 Å². The number of aliphatic imine (C=N–C) groups is 1. The molecule has 0 aliphatic heterocycles. The van der Waals surface area contributed by atoms with Gasteiger partial charge < -0.3 is 15.0 Å². The van der Waals surface area contributed by atoms with Gasteiger partial charge in [-0.05, 0) is 25.5 Å². The number of para-hydroxylation sites is 1. The van der Waals surface area contributed by atoms with E-state index in [9.17, 15) is 0 Å². The third-order valence-electron chi connectivity index (χ3n) is 3.64. The molecule has 2 aromatic rings. The predicted molar refractivity (Wildman–Crippen MR) is 101 cm³/mol. The number of hydrogen-bond acceptors (Lipinski definition) is 4. The average molecular weight is 347 g/mol. The number of rotatable bonds is 7. The summed E-state index contributed by atoms with van der Waals surface area (Å²) in [6, 6.07) is 8.06. The first-order valence-corrected chi connectivity index (χ1v) is 8.93. The summed E-state index contributed by atoms with van der Waals surface area (Å²) in [5, 5.41) is 4.53. The van der Waals surface area contributed by atoms with E-state index in [1.165, 1.54) is 4.88 Å². The Balaban J connectivity index is 1.73. The van der Waals surface area contributed by atoms with Crippen LogP contribution in [-0.2, 0) is 6.42 Å². The molecule has 0 fully saturated rings. The van der Waals surface area contributed by atoms with E-state index in [1.807, 2.05) is 31.4 Å². The predicted octanol–water partition coefficient (Wildman–Crippen LogP) is 2.89. The van der Waals surface area contributed by atoms with Crippen molar-refractivity contribution in [3.8, 4) is 5.75 Å². The van der Waals surface area contributed by atoms with E-state index in [1.54, 1.807) is 18.4 Å². The van der Waals surface area contributed by atoms with E-state index in [4.69, 9.17) is 4.74 Å². The standard InChI is InChI=1S/C18H26N4OS/c1-14-7-5-6-8-16(14)23-12-11-22(4)18(19-3)20-10-9-17-21-13-15(2)24-17/h5-8,13H,9-12H2,1-4H3,(H,19,20). The lowest BCUT2D eigenvalue weighted by molar-refractivity contribution is 0.280. The molecule has 0 amide bonds. The molecule has 1 aromatic heterocycles. The number of nitrogens with zero attached hydrogens (tertiary/aromatic N) is 3. The minimum Gasteiger partial charge on any atom is -0.491 e. The monoisotopic (exact) mass is 346 g/mol. The molecule has 0 bridgehead atoms. The molecule has 0 unspecified atom stereocenters. The summed E-state index contributed by atoms with van der Waals surface area (Å²) in [5.41, 5.74) is 1.15. The summed E-state index contributed by atoms with van der Waals surface area (Å²) in [6.45, 7) is 6.34. The zero-order valence-corrected chi connectivity index (χ0v) is 15.7. The number of likely N-dealkylation sites (N-methyl/N-ethyl adjacent to an activating group) is 1. The summed E-state index contributed by atoms with van der Waals surface area (Å²) in [5.74, 6) is 1.81. The van der Waals surface area contributed by atoms with Gasteiger partial charge in [0.1, 0.15) is 12.4 Å². The lowest BCUT2D eigenvalue weighted by Gasteiger charge is -2.22. The molecule has 24 heavy (non-hydrogen) atoms. The smallest absolute Gasteiger partial charge is 0.193 e. The quantitative estimate of drug-likeness (QED) is 0.619. The number of thiazole rings is 1. The van der Waals surface area contributed by atoms with Crippen LogP contribution in [0.1, 0.15) is 15.4 Å². The van der Waals surface area contributed by atoms with E-state index >= 15 is 0 Å². The van der Waals surface area contributed by atoms with Crippen molar-refractivity contribution in [2.24, 2.45) is 4.99 Å². The summed E-state index contributed by atoms with van der Waals surface area (Å²) in [4.78, 5) is 12.0. The van der Waals surface area contributed by atoms with Gasteiger partial charge in [0, 0.05) is 38.1 Å². The molecule has 0 atom stereocenters. The molecule has 0 radical (unpaired) electrons. The molecule has 0 aliphatic rings. The first-order valence-electron chi connectivity index (χ1n) is 8.11. The number of aryl methyl sites for hydroxylation is 2. The zero-order valence-electron chi connectivity index (χ0n) is 14.9. The van der Waals surface area contributed by atoms with Crippen LogP contribution >= 0.6 is 11.3 Å². The Labute approximate surface area is 148 Å². The Morgan fingerprint density at radius 3 is 2.79 bits per heavy atom. The Bertz CT molecular complexity index is 669. The first-order chi connectivity index (χ1) is 11.6. The van der Waals surface area contributed by atoms with E-state index in [-0.39, 0.29) is 0 Å². The molecule has 0 saturated carbocycles. The van der Waals surface area contributed by atoms with Gasteiger partial charge in [-0.25, -0.2) is 4.98 Å². The van der Waals surface area contributed by atoms with Gasteiger partial charge in [-0.1, -0.05) is 18.2 Å². The van der Waals surface area contributed by atoms with Gasteiger partial charge in [0.05, 0.1) is 11.6 Å². The van der Waals surface area contributed by atoms with E-state index in [0.717, 1.165) is 41.8 Å². The van der Waals surface area contributed by atoms with Crippen molar-refractivity contribution in [1.82, 2.24) is 15.2 Å². The summed E-state index contributed by atoms with van der Waals surface area (Å²) < 4.78 is 5.85. The molecule has 0 saturated heterocycles. The van der Waals surface area contributed by atoms with Gasteiger partial charge in [-0.3, -0.25) is 4.99 Å². The molecule has 6 heteroatoms. The number of hydrogen-bond donors (Lipinski definition) is 1. The van der Waals surface area contributed by atoms with Crippen LogP contribution in [-0.4, -0.2) is 49.6 Å². The highest BCUT2D eigenvalue weighted by molar-refractivity contribution is 7.11. The second-order valence-electron chi connectivity index (χ2n) is 5.62. The Kier molecular flexibility index (Phi) is 7.06. The van der Waals surface area contributed by atoms with Crippen molar-refractivity contribution in [2.75, 3.05) is 33.8 Å². The maximum absolute atomic E-state index is 5.85. The Morgan fingerprint density at radius 2 is 2.12 bits per heavy atom. The molecule has 5 nitrogen and oxygen atoms in total. The number of ether oxygens (including phenoxy) is 1. The van der Waals surface area contributed by atoms with Gasteiger partial charge in [-0.2, -0.15) is 0 Å². The van der Waals surface area contributed by atoms with E-state index in [0.29, 0.717) is 6.61 Å². The Morgan fingerprint density at radius 1 is 1.33 bits per heavy atom. The topological polar surface area (TPSA) is 49.8 Å². The first kappa shape index (κ1) is 18.3. The van der Waals surface area contributed by atoms with Gasteiger partial charge in [-0.15, -0.1) is 11.3 Å². The molecule has 1 heterocycles. The van der Waals surface area contributed by atoms with Crippen LogP contribution in [0.25, 0.3) is 0 Å². The third kappa shape index (κ3) is 5.53. The Hall–Kier alpha value is -2.08. The van der Waals surface area contributed by atoms with E-state index in [2.05, 4.69) is 40.1 Å². The third-order valence-corrected chi connectivity index (χ3v) is 4.61. The average Bonchev–Trinajstić information content (AvgIpc) is 2.98. The summed E-state index contributed by atoms with van der Waals surface area (Å²) in [7, 11) is 3.82. The van der Waals surface area contributed by atoms with Crippen LogP contribution in [0.15, 0.2) is 35.5 Å². The lowest BCUT2D eigenvalue weighted by atomic mass is 10.2. The fourth-order valence-corrected chi connectivity index (χ4v) is 3.09. The highest BCUT2D eigenvalue weighted by Crippen LogP contribution is 2.15. The number of aromatic nitrogens is 1. The van der Waals surface area contributed by atoms with Crippen molar-refractivity contribution in [1.29, 1.82) is 0 Å². The van der Waals surface area contributed by atoms with Gasteiger partial charge >= 0.3 is 0 Å². The van der Waals surface area contributed by atoms with Crippen molar-refractivity contribution >= 4 is 17.3 Å². The summed E-state index contributed by atoms with van der Waals surface area (Å²) >= 11 is 1.74. The molecule has 130 valence electrons.